The lowest BCUT2D eigenvalue weighted by atomic mass is 10.1. The van der Waals surface area contributed by atoms with E-state index in [1.165, 1.54) is 10.5 Å². The summed E-state index contributed by atoms with van der Waals surface area (Å²) in [5.41, 5.74) is 1.17. The minimum Gasteiger partial charge on any atom is -0.480 e. The molecule has 20 heavy (non-hydrogen) atoms. The average Bonchev–Trinajstić information content (AvgIpc) is 2.47. The van der Waals surface area contributed by atoms with Gasteiger partial charge in [-0.05, 0) is 12.0 Å². The van der Waals surface area contributed by atoms with Crippen LogP contribution in [0.3, 0.4) is 0 Å². The number of rotatable bonds is 3. The van der Waals surface area contributed by atoms with Crippen LogP contribution in [0.2, 0.25) is 0 Å². The van der Waals surface area contributed by atoms with Crippen LogP contribution in [0.1, 0.15) is 6.42 Å². The first-order valence-electron chi connectivity index (χ1n) is 6.66. The lowest BCUT2D eigenvalue weighted by Crippen LogP contribution is -2.57. The van der Waals surface area contributed by atoms with Crippen LogP contribution in [-0.4, -0.2) is 79.5 Å². The topological polar surface area (TPSA) is 79.3 Å². The molecule has 1 saturated heterocycles. The van der Waals surface area contributed by atoms with E-state index in [0.717, 1.165) is 6.42 Å². The third-order valence-electron chi connectivity index (χ3n) is 3.56. The fraction of sp³-hybridized carbons (Fsp3) is 0.692. The van der Waals surface area contributed by atoms with Crippen molar-refractivity contribution < 1.29 is 24.2 Å². The number of ether oxygens (including phenoxy) is 2. The summed E-state index contributed by atoms with van der Waals surface area (Å²) in [7, 11) is 1.64. The van der Waals surface area contributed by atoms with E-state index in [4.69, 9.17) is 14.6 Å². The number of amides is 2. The molecule has 0 aliphatic carbocycles. The number of hydrogen-bond donors (Lipinski definition) is 1. The number of morpholine rings is 1. The van der Waals surface area contributed by atoms with Gasteiger partial charge >= 0.3 is 12.0 Å². The Hall–Kier alpha value is -1.60. The molecule has 2 aliphatic rings. The Morgan fingerprint density at radius 1 is 1.50 bits per heavy atom. The molecular weight excluding hydrogens is 264 g/mol. The molecule has 1 atom stereocenters. The zero-order valence-electron chi connectivity index (χ0n) is 11.6. The minimum absolute atomic E-state index is 0.0552. The SMILES string of the molecule is COCC1=CCN(C(=O)N2CCOCC2C(=O)O)CC1. The summed E-state index contributed by atoms with van der Waals surface area (Å²) in [6.45, 7) is 2.44. The molecule has 7 heteroatoms. The molecule has 0 spiro atoms. The summed E-state index contributed by atoms with van der Waals surface area (Å²) >= 11 is 0. The molecule has 0 bridgehead atoms. The second kappa shape index (κ2) is 6.71. The van der Waals surface area contributed by atoms with E-state index >= 15 is 0 Å². The number of carbonyl (C=O) groups excluding carboxylic acids is 1. The van der Waals surface area contributed by atoms with Crippen molar-refractivity contribution in [3.05, 3.63) is 11.6 Å². The van der Waals surface area contributed by atoms with Crippen molar-refractivity contribution in [3.63, 3.8) is 0 Å². The van der Waals surface area contributed by atoms with Crippen molar-refractivity contribution in [2.45, 2.75) is 12.5 Å². The molecule has 7 nitrogen and oxygen atoms in total. The normalized spacial score (nSPS) is 23.4. The van der Waals surface area contributed by atoms with Gasteiger partial charge in [-0.1, -0.05) is 6.08 Å². The van der Waals surface area contributed by atoms with E-state index in [2.05, 4.69) is 0 Å². The van der Waals surface area contributed by atoms with Gasteiger partial charge in [-0.3, -0.25) is 0 Å². The Morgan fingerprint density at radius 2 is 2.30 bits per heavy atom. The number of carboxylic acid groups (broad SMARTS) is 1. The van der Waals surface area contributed by atoms with Crippen LogP contribution >= 0.6 is 0 Å². The van der Waals surface area contributed by atoms with Crippen molar-refractivity contribution in [1.29, 1.82) is 0 Å². The largest absolute Gasteiger partial charge is 0.480 e. The lowest BCUT2D eigenvalue weighted by Gasteiger charge is -2.37. The number of aliphatic carboxylic acids is 1. The highest BCUT2D eigenvalue weighted by Crippen LogP contribution is 2.16. The van der Waals surface area contributed by atoms with E-state index in [-0.39, 0.29) is 12.6 Å². The Balaban J connectivity index is 1.98. The Bertz CT molecular complexity index is 410. The van der Waals surface area contributed by atoms with E-state index in [1.54, 1.807) is 12.0 Å². The van der Waals surface area contributed by atoms with Crippen LogP contribution in [0.4, 0.5) is 4.79 Å². The van der Waals surface area contributed by atoms with Crippen LogP contribution in [0.5, 0.6) is 0 Å². The van der Waals surface area contributed by atoms with Gasteiger partial charge in [-0.2, -0.15) is 0 Å². The molecule has 0 aromatic heterocycles. The number of hydrogen-bond acceptors (Lipinski definition) is 4. The number of nitrogens with zero attached hydrogens (tertiary/aromatic N) is 2. The molecule has 2 aliphatic heterocycles. The maximum Gasteiger partial charge on any atom is 0.328 e. The van der Waals surface area contributed by atoms with E-state index in [9.17, 15) is 9.59 Å². The summed E-state index contributed by atoms with van der Waals surface area (Å²) in [5, 5.41) is 9.15. The second-order valence-corrected chi connectivity index (χ2v) is 4.90. The minimum atomic E-state index is -1.02. The monoisotopic (exact) mass is 284 g/mol. The first-order valence-corrected chi connectivity index (χ1v) is 6.66. The molecule has 0 aromatic carbocycles. The van der Waals surface area contributed by atoms with E-state index < -0.39 is 12.0 Å². The van der Waals surface area contributed by atoms with Crippen molar-refractivity contribution in [3.8, 4) is 0 Å². The van der Waals surface area contributed by atoms with E-state index in [0.29, 0.717) is 32.8 Å². The molecule has 2 amide bonds. The fourth-order valence-electron chi connectivity index (χ4n) is 2.42. The molecule has 2 rings (SSSR count). The van der Waals surface area contributed by atoms with Crippen LogP contribution in [-0.2, 0) is 14.3 Å². The quantitative estimate of drug-likeness (QED) is 0.747. The van der Waals surface area contributed by atoms with Gasteiger partial charge in [0.15, 0.2) is 6.04 Å². The number of carboxylic acids is 1. The van der Waals surface area contributed by atoms with Gasteiger partial charge in [0.2, 0.25) is 0 Å². The molecule has 2 heterocycles. The van der Waals surface area contributed by atoms with Gasteiger partial charge in [-0.25, -0.2) is 9.59 Å². The van der Waals surface area contributed by atoms with Gasteiger partial charge in [0, 0.05) is 26.7 Å². The highest BCUT2D eigenvalue weighted by molar-refractivity contribution is 5.83. The summed E-state index contributed by atoms with van der Waals surface area (Å²) in [4.78, 5) is 26.6. The molecule has 1 fully saturated rings. The maximum atomic E-state index is 12.4. The van der Waals surface area contributed by atoms with Crippen LogP contribution in [0, 0.1) is 0 Å². The zero-order valence-corrected chi connectivity index (χ0v) is 11.6. The molecular formula is C13H20N2O5. The predicted octanol–water partition coefficient (Wildman–Crippen LogP) is 0.170. The van der Waals surface area contributed by atoms with Crippen LogP contribution < -0.4 is 0 Å². The van der Waals surface area contributed by atoms with Crippen molar-refractivity contribution in [2.24, 2.45) is 0 Å². The summed E-state index contributed by atoms with van der Waals surface area (Å²) < 4.78 is 10.2. The first-order chi connectivity index (χ1) is 9.63. The summed E-state index contributed by atoms with van der Waals surface area (Å²) in [6, 6.07) is -1.12. The first kappa shape index (κ1) is 14.8. The van der Waals surface area contributed by atoms with Crippen molar-refractivity contribution >= 4 is 12.0 Å². The highest BCUT2D eigenvalue weighted by Gasteiger charge is 2.35. The van der Waals surface area contributed by atoms with Gasteiger partial charge in [0.1, 0.15) is 0 Å². The maximum absolute atomic E-state index is 12.4. The predicted molar refractivity (Wildman–Crippen MR) is 70.5 cm³/mol. The Morgan fingerprint density at radius 3 is 2.90 bits per heavy atom. The van der Waals surface area contributed by atoms with Crippen LogP contribution in [0.15, 0.2) is 11.6 Å². The third kappa shape index (κ3) is 3.29. The van der Waals surface area contributed by atoms with Crippen molar-refractivity contribution in [2.75, 3.05) is 46.6 Å². The summed E-state index contributed by atoms with van der Waals surface area (Å²) in [5.74, 6) is -1.02. The summed E-state index contributed by atoms with van der Waals surface area (Å²) in [6.07, 6.45) is 2.74. The molecule has 0 aromatic rings. The van der Waals surface area contributed by atoms with Crippen molar-refractivity contribution in [1.82, 2.24) is 9.80 Å². The number of methoxy groups -OCH3 is 1. The van der Waals surface area contributed by atoms with Crippen LogP contribution in [0.25, 0.3) is 0 Å². The number of urea groups is 1. The molecule has 1 unspecified atom stereocenters. The van der Waals surface area contributed by atoms with Gasteiger partial charge in [-0.15, -0.1) is 0 Å². The molecule has 1 N–H and O–H groups in total. The van der Waals surface area contributed by atoms with E-state index in [1.807, 2.05) is 6.08 Å². The van der Waals surface area contributed by atoms with Gasteiger partial charge < -0.3 is 24.4 Å². The van der Waals surface area contributed by atoms with Gasteiger partial charge in [0.25, 0.3) is 0 Å². The third-order valence-corrected chi connectivity index (χ3v) is 3.56. The average molecular weight is 284 g/mol. The fourth-order valence-corrected chi connectivity index (χ4v) is 2.42. The standard InChI is InChI=1S/C13H20N2O5/c1-19-8-10-2-4-14(5-3-10)13(18)15-6-7-20-9-11(15)12(16)17/h2,11H,3-9H2,1H3,(H,16,17). The Labute approximate surface area is 117 Å². The molecule has 112 valence electrons. The van der Waals surface area contributed by atoms with Gasteiger partial charge in [0.05, 0.1) is 19.8 Å². The Kier molecular flexibility index (Phi) is 4.97. The molecule has 0 radical (unpaired) electrons. The zero-order chi connectivity index (χ0) is 14.5. The number of carbonyl (C=O) groups is 2. The lowest BCUT2D eigenvalue weighted by molar-refractivity contribution is -0.147. The second-order valence-electron chi connectivity index (χ2n) is 4.90. The smallest absolute Gasteiger partial charge is 0.328 e. The highest BCUT2D eigenvalue weighted by atomic mass is 16.5. The molecule has 0 saturated carbocycles.